The summed E-state index contributed by atoms with van der Waals surface area (Å²) in [5.74, 6) is -0.711. The first-order valence-electron chi connectivity index (χ1n) is 8.71. The quantitative estimate of drug-likeness (QED) is 0.636. The number of rotatable bonds is 5. The van der Waals surface area contributed by atoms with Crippen LogP contribution in [0, 0.1) is 11.7 Å². The van der Waals surface area contributed by atoms with Crippen LogP contribution in [0.5, 0.6) is 0 Å². The molecule has 3 rings (SSSR count). The van der Waals surface area contributed by atoms with Crippen LogP contribution in [0.2, 0.25) is 0 Å². The van der Waals surface area contributed by atoms with Gasteiger partial charge in [-0.05, 0) is 35.2 Å². The Labute approximate surface area is 157 Å². The molecule has 3 N–H and O–H groups in total. The first-order valence-corrected chi connectivity index (χ1v) is 8.71. The zero-order valence-corrected chi connectivity index (χ0v) is 15.5. The van der Waals surface area contributed by atoms with Crippen LogP contribution in [0.3, 0.4) is 0 Å². The number of aliphatic hydroxyl groups is 1. The molecule has 5 nitrogen and oxygen atoms in total. The first kappa shape index (κ1) is 18.8. The maximum absolute atomic E-state index is 14.3. The Morgan fingerprint density at radius 1 is 1.22 bits per heavy atom. The van der Waals surface area contributed by atoms with Crippen LogP contribution < -0.4 is 5.32 Å². The molecule has 0 spiro atoms. The molecule has 0 bridgehead atoms. The van der Waals surface area contributed by atoms with Gasteiger partial charge in [-0.1, -0.05) is 38.1 Å². The molecule has 27 heavy (non-hydrogen) atoms. The highest BCUT2D eigenvalue weighted by atomic mass is 19.1. The van der Waals surface area contributed by atoms with E-state index in [2.05, 4.69) is 15.3 Å². The van der Waals surface area contributed by atoms with E-state index in [0.717, 1.165) is 0 Å². The number of carbonyl (C=O) groups is 1. The minimum Gasteiger partial charge on any atom is -0.379 e. The molecule has 2 aromatic carbocycles. The fourth-order valence-electron chi connectivity index (χ4n) is 3.20. The van der Waals surface area contributed by atoms with Gasteiger partial charge in [0.15, 0.2) is 0 Å². The fraction of sp³-hybridized carbons (Fsp3) is 0.238. The second kappa shape index (κ2) is 7.32. The van der Waals surface area contributed by atoms with Crippen molar-refractivity contribution >= 4 is 11.6 Å². The lowest BCUT2D eigenvalue weighted by Gasteiger charge is -2.31. The van der Waals surface area contributed by atoms with Crippen LogP contribution >= 0.6 is 0 Å². The zero-order chi connectivity index (χ0) is 19.6. The van der Waals surface area contributed by atoms with Gasteiger partial charge in [0.05, 0.1) is 18.2 Å². The van der Waals surface area contributed by atoms with E-state index < -0.39 is 5.60 Å². The van der Waals surface area contributed by atoms with E-state index in [1.165, 1.54) is 25.4 Å². The van der Waals surface area contributed by atoms with Gasteiger partial charge in [-0.3, -0.25) is 4.79 Å². The van der Waals surface area contributed by atoms with Crippen molar-refractivity contribution in [1.82, 2.24) is 9.97 Å². The molecule has 0 aliphatic rings. The largest absolute Gasteiger partial charge is 0.379 e. The van der Waals surface area contributed by atoms with E-state index in [4.69, 9.17) is 0 Å². The molecule has 0 fully saturated rings. The lowest BCUT2D eigenvalue weighted by atomic mass is 9.80. The molecule has 0 saturated carbocycles. The molecule has 1 unspecified atom stereocenters. The van der Waals surface area contributed by atoms with Crippen LogP contribution in [0.1, 0.15) is 32.0 Å². The summed E-state index contributed by atoms with van der Waals surface area (Å²) in [4.78, 5) is 18.2. The number of halogens is 1. The maximum Gasteiger partial charge on any atom is 0.221 e. The number of imidazole rings is 1. The zero-order valence-electron chi connectivity index (χ0n) is 15.5. The molecule has 140 valence electrons. The van der Waals surface area contributed by atoms with Crippen molar-refractivity contribution < 1.29 is 14.3 Å². The number of nitrogens with zero attached hydrogens (tertiary/aromatic N) is 1. The van der Waals surface area contributed by atoms with E-state index >= 15 is 0 Å². The molecule has 6 heteroatoms. The molecule has 1 aromatic heterocycles. The second-order valence-corrected chi connectivity index (χ2v) is 6.84. The number of hydrogen-bond acceptors (Lipinski definition) is 3. The Morgan fingerprint density at radius 3 is 2.48 bits per heavy atom. The average Bonchev–Trinajstić information content (AvgIpc) is 3.17. The number of aromatic amines is 1. The van der Waals surface area contributed by atoms with Crippen molar-refractivity contribution in [2.24, 2.45) is 5.92 Å². The Morgan fingerprint density at radius 2 is 1.93 bits per heavy atom. The number of amides is 1. The molecule has 1 amide bonds. The van der Waals surface area contributed by atoms with E-state index in [1.54, 1.807) is 36.5 Å². The van der Waals surface area contributed by atoms with E-state index in [-0.39, 0.29) is 17.6 Å². The van der Waals surface area contributed by atoms with Crippen LogP contribution in [0.4, 0.5) is 10.1 Å². The van der Waals surface area contributed by atoms with E-state index in [9.17, 15) is 14.3 Å². The lowest BCUT2D eigenvalue weighted by molar-refractivity contribution is -0.114. The molecule has 1 atom stereocenters. The van der Waals surface area contributed by atoms with Gasteiger partial charge in [-0.25, -0.2) is 9.37 Å². The number of H-pyrrole nitrogens is 1. The summed E-state index contributed by atoms with van der Waals surface area (Å²) in [6.07, 6.45) is 3.13. The molecular formula is C21H22FN3O2. The Balaban J connectivity index is 1.99. The summed E-state index contributed by atoms with van der Waals surface area (Å²) in [6, 6.07) is 11.5. The standard InChI is InChI=1S/C21H22FN3O2/c1-13(2)21(27,20-11-23-12-24-20)16-6-4-15(5-7-16)18-10-17(25-14(3)26)8-9-19(18)22/h4-13,27H,1-3H3,(H,23,24)(H,25,26). The van der Waals surface area contributed by atoms with Crippen molar-refractivity contribution in [3.8, 4) is 11.1 Å². The summed E-state index contributed by atoms with van der Waals surface area (Å²) in [5, 5.41) is 13.9. The average molecular weight is 367 g/mol. The van der Waals surface area contributed by atoms with E-state index in [0.29, 0.717) is 28.1 Å². The number of carbonyl (C=O) groups excluding carboxylic acids is 1. The molecule has 0 aliphatic heterocycles. The second-order valence-electron chi connectivity index (χ2n) is 6.84. The van der Waals surface area contributed by atoms with Gasteiger partial charge >= 0.3 is 0 Å². The van der Waals surface area contributed by atoms with Crippen LogP contribution in [-0.2, 0) is 10.4 Å². The van der Waals surface area contributed by atoms with Gasteiger partial charge in [-0.15, -0.1) is 0 Å². The molecular weight excluding hydrogens is 345 g/mol. The summed E-state index contributed by atoms with van der Waals surface area (Å²) in [5.41, 5.74) is 1.61. The SMILES string of the molecule is CC(=O)Nc1ccc(F)c(-c2ccc(C(O)(c3cnc[nH]3)C(C)C)cc2)c1. The molecule has 0 aliphatic carbocycles. The van der Waals surface area contributed by atoms with Gasteiger partial charge in [0.25, 0.3) is 0 Å². The van der Waals surface area contributed by atoms with Crippen molar-refractivity contribution in [3.05, 3.63) is 72.1 Å². The lowest BCUT2D eigenvalue weighted by Crippen LogP contribution is -2.33. The summed E-state index contributed by atoms with van der Waals surface area (Å²) < 4.78 is 14.3. The van der Waals surface area contributed by atoms with Gasteiger partial charge in [0, 0.05) is 18.2 Å². The van der Waals surface area contributed by atoms with Crippen LogP contribution in [0.25, 0.3) is 11.1 Å². The Hall–Kier alpha value is -2.99. The highest BCUT2D eigenvalue weighted by molar-refractivity contribution is 5.89. The van der Waals surface area contributed by atoms with Crippen molar-refractivity contribution in [2.75, 3.05) is 5.32 Å². The van der Waals surface area contributed by atoms with Crippen LogP contribution in [-0.4, -0.2) is 21.0 Å². The monoisotopic (exact) mass is 367 g/mol. The number of hydrogen-bond donors (Lipinski definition) is 3. The topological polar surface area (TPSA) is 78.0 Å². The molecule has 1 heterocycles. The predicted molar refractivity (Wildman–Crippen MR) is 103 cm³/mol. The van der Waals surface area contributed by atoms with Crippen molar-refractivity contribution in [2.45, 2.75) is 26.4 Å². The highest BCUT2D eigenvalue weighted by Gasteiger charge is 2.36. The summed E-state index contributed by atoms with van der Waals surface area (Å²) >= 11 is 0. The predicted octanol–water partition coefficient (Wildman–Crippen LogP) is 4.07. The van der Waals surface area contributed by atoms with Gasteiger partial charge in [0.1, 0.15) is 11.4 Å². The third kappa shape index (κ3) is 3.61. The molecule has 3 aromatic rings. The number of aromatic nitrogens is 2. The fourth-order valence-corrected chi connectivity index (χ4v) is 3.20. The third-order valence-corrected chi connectivity index (χ3v) is 4.67. The number of nitrogens with one attached hydrogen (secondary N) is 2. The number of benzene rings is 2. The Bertz CT molecular complexity index is 937. The minimum absolute atomic E-state index is 0.108. The molecule has 0 saturated heterocycles. The van der Waals surface area contributed by atoms with Gasteiger partial charge < -0.3 is 15.4 Å². The van der Waals surface area contributed by atoms with Crippen LogP contribution in [0.15, 0.2) is 55.0 Å². The molecule has 0 radical (unpaired) electrons. The van der Waals surface area contributed by atoms with Gasteiger partial charge in [0.2, 0.25) is 5.91 Å². The smallest absolute Gasteiger partial charge is 0.221 e. The maximum atomic E-state index is 14.3. The van der Waals surface area contributed by atoms with Gasteiger partial charge in [-0.2, -0.15) is 0 Å². The minimum atomic E-state index is -1.23. The van der Waals surface area contributed by atoms with Crippen molar-refractivity contribution in [1.29, 1.82) is 0 Å². The Kier molecular flexibility index (Phi) is 5.10. The first-order chi connectivity index (χ1) is 12.8. The number of anilines is 1. The van der Waals surface area contributed by atoms with E-state index in [1.807, 2.05) is 13.8 Å². The van der Waals surface area contributed by atoms with Crippen molar-refractivity contribution in [3.63, 3.8) is 0 Å². The highest BCUT2D eigenvalue weighted by Crippen LogP contribution is 2.36. The summed E-state index contributed by atoms with van der Waals surface area (Å²) in [6.45, 7) is 5.25. The normalized spacial score (nSPS) is 13.4. The third-order valence-electron chi connectivity index (χ3n) is 4.67. The summed E-state index contributed by atoms with van der Waals surface area (Å²) in [7, 11) is 0.